The van der Waals surface area contributed by atoms with E-state index < -0.39 is 16.1 Å². The highest BCUT2D eigenvalue weighted by Gasteiger charge is 2.23. The molecule has 0 aliphatic carbocycles. The highest BCUT2D eigenvalue weighted by Crippen LogP contribution is 2.35. The average Bonchev–Trinajstić information content (AvgIpc) is 2.74. The van der Waals surface area contributed by atoms with Crippen molar-refractivity contribution in [2.24, 2.45) is 0 Å². The maximum absolute atomic E-state index is 13.2. The fourth-order valence-corrected chi connectivity index (χ4v) is 3.73. The molecule has 0 fully saturated rings. The number of rotatable bonds is 5. The number of hydrogen-bond donors (Lipinski definition) is 2. The smallest absolute Gasteiger partial charge is 0.294 e. The van der Waals surface area contributed by atoms with E-state index in [1.165, 1.54) is 33.5 Å². The minimum absolute atomic E-state index is 0.183. The fraction of sp³-hybridized carbons (Fsp3) is 0.0476. The first-order chi connectivity index (χ1) is 14.8. The highest BCUT2D eigenvalue weighted by molar-refractivity contribution is 8.87. The zero-order valence-electron chi connectivity index (χ0n) is 15.9. The molecule has 31 heavy (non-hydrogen) atoms. The van der Waals surface area contributed by atoms with Gasteiger partial charge in [0, 0.05) is 38.5 Å². The van der Waals surface area contributed by atoms with Crippen LogP contribution in [-0.4, -0.2) is 10.5 Å². The van der Waals surface area contributed by atoms with Crippen molar-refractivity contribution in [3.8, 4) is 11.5 Å². The van der Waals surface area contributed by atoms with Crippen LogP contribution in [0, 0.1) is 0 Å². The van der Waals surface area contributed by atoms with Crippen molar-refractivity contribution in [3.05, 3.63) is 84.4 Å². The Labute approximate surface area is 187 Å². The van der Waals surface area contributed by atoms with Gasteiger partial charge in [0.1, 0.15) is 11.5 Å². The van der Waals surface area contributed by atoms with E-state index in [1.807, 2.05) is 30.3 Å². The summed E-state index contributed by atoms with van der Waals surface area (Å²) in [6.07, 6.45) is 0. The van der Waals surface area contributed by atoms with Gasteiger partial charge in [-0.2, -0.15) is 8.78 Å². The first kappa shape index (κ1) is 23.1. The predicted octanol–water partition coefficient (Wildman–Crippen LogP) is 7.55. The van der Waals surface area contributed by atoms with E-state index in [1.54, 1.807) is 24.3 Å². The third-order valence-corrected chi connectivity index (χ3v) is 5.87. The van der Waals surface area contributed by atoms with Crippen LogP contribution >= 0.6 is 30.8 Å². The summed E-state index contributed by atoms with van der Waals surface area (Å²) in [5, 5.41) is 4.25. The van der Waals surface area contributed by atoms with Crippen LogP contribution in [0.2, 0.25) is 0 Å². The van der Waals surface area contributed by atoms with Crippen molar-refractivity contribution in [3.63, 3.8) is 0 Å². The zero-order chi connectivity index (χ0) is 22.3. The van der Waals surface area contributed by atoms with Gasteiger partial charge in [-0.05, 0) is 48.5 Å². The number of para-hydroxylation sites is 1. The summed E-state index contributed by atoms with van der Waals surface area (Å²) in [4.78, 5) is 24.0. The van der Waals surface area contributed by atoms with E-state index in [0.29, 0.717) is 44.5 Å². The van der Waals surface area contributed by atoms with E-state index in [4.69, 9.17) is 4.74 Å². The molecule has 1 atom stereocenters. The Morgan fingerprint density at radius 2 is 1.19 bits per heavy atom. The molecular formula is C21H17F2N2O3PS2. The quantitative estimate of drug-likeness (QED) is 0.293. The minimum atomic E-state index is -3.03. The van der Waals surface area contributed by atoms with Crippen LogP contribution in [0.1, 0.15) is 5.56 Å². The molecule has 0 radical (unpaired) electrons. The van der Waals surface area contributed by atoms with Crippen molar-refractivity contribution in [2.75, 3.05) is 10.6 Å². The number of alkyl halides is 2. The summed E-state index contributed by atoms with van der Waals surface area (Å²) in [7, 11) is 2.86. The number of ether oxygens (including phenoxy) is 1. The molecular weight excluding hydrogens is 461 g/mol. The van der Waals surface area contributed by atoms with Gasteiger partial charge in [0.25, 0.3) is 16.1 Å². The molecule has 3 aromatic rings. The van der Waals surface area contributed by atoms with Crippen LogP contribution in [0.4, 0.5) is 29.7 Å². The Morgan fingerprint density at radius 3 is 1.68 bits per heavy atom. The maximum atomic E-state index is 13.2. The number of anilines is 2. The Hall–Kier alpha value is -2.61. The van der Waals surface area contributed by atoms with Crippen molar-refractivity contribution >= 4 is 52.7 Å². The number of hydrogen-bond acceptors (Lipinski definition) is 5. The SMILES string of the molecule is O=C(Nc1ccc(Oc2ccccc2)cc1)SSC(=O)Nc1ccc(C(F)(F)P)cc1. The number of nitrogens with one attached hydrogen (secondary N) is 2. The van der Waals surface area contributed by atoms with Gasteiger partial charge < -0.3 is 15.4 Å². The normalized spacial score (nSPS) is 10.9. The molecule has 2 amide bonds. The lowest BCUT2D eigenvalue weighted by Crippen LogP contribution is -2.08. The van der Waals surface area contributed by atoms with Crippen LogP contribution in [0.5, 0.6) is 11.5 Å². The molecule has 5 nitrogen and oxygen atoms in total. The highest BCUT2D eigenvalue weighted by atomic mass is 33.1. The second-order valence-corrected chi connectivity index (χ2v) is 8.93. The molecule has 3 aromatic carbocycles. The van der Waals surface area contributed by atoms with Crippen molar-refractivity contribution in [1.29, 1.82) is 0 Å². The summed E-state index contributed by atoms with van der Waals surface area (Å²) in [5.41, 5.74) is -2.31. The van der Waals surface area contributed by atoms with E-state index in [2.05, 4.69) is 10.6 Å². The van der Waals surface area contributed by atoms with E-state index in [-0.39, 0.29) is 5.56 Å². The first-order valence-electron chi connectivity index (χ1n) is 8.86. The molecule has 0 saturated heterocycles. The largest absolute Gasteiger partial charge is 0.457 e. The second-order valence-electron chi connectivity index (χ2n) is 6.13. The molecule has 2 N–H and O–H groups in total. The van der Waals surface area contributed by atoms with Gasteiger partial charge >= 0.3 is 0 Å². The number of amides is 2. The molecule has 1 unspecified atom stereocenters. The summed E-state index contributed by atoms with van der Waals surface area (Å²) >= 11 is 0. The molecule has 10 heteroatoms. The molecule has 0 saturated carbocycles. The summed E-state index contributed by atoms with van der Waals surface area (Å²) in [5.74, 6) is 1.32. The van der Waals surface area contributed by atoms with Crippen LogP contribution in [0.15, 0.2) is 78.9 Å². The van der Waals surface area contributed by atoms with Gasteiger partial charge in [-0.1, -0.05) is 39.6 Å². The zero-order valence-corrected chi connectivity index (χ0v) is 18.7. The summed E-state index contributed by atoms with van der Waals surface area (Å²) < 4.78 is 32.0. The number of benzene rings is 3. The van der Waals surface area contributed by atoms with Gasteiger partial charge in [-0.25, -0.2) is 0 Å². The molecule has 0 bridgehead atoms. The minimum Gasteiger partial charge on any atom is -0.457 e. The number of halogens is 2. The molecule has 160 valence electrons. The molecule has 0 spiro atoms. The van der Waals surface area contributed by atoms with Gasteiger partial charge in [0.15, 0.2) is 0 Å². The lowest BCUT2D eigenvalue weighted by molar-refractivity contribution is 0.104. The Balaban J connectivity index is 1.43. The Bertz CT molecular complexity index is 1030. The second kappa shape index (κ2) is 10.6. The summed E-state index contributed by atoms with van der Waals surface area (Å²) in [6.45, 7) is 0. The Morgan fingerprint density at radius 1 is 0.742 bits per heavy atom. The monoisotopic (exact) mass is 478 g/mol. The average molecular weight is 478 g/mol. The van der Waals surface area contributed by atoms with E-state index in [0.717, 1.165) is 0 Å². The lowest BCUT2D eigenvalue weighted by atomic mass is 10.2. The van der Waals surface area contributed by atoms with Gasteiger partial charge in [-0.15, -0.1) is 0 Å². The van der Waals surface area contributed by atoms with Crippen LogP contribution in [-0.2, 0) is 5.66 Å². The predicted molar refractivity (Wildman–Crippen MR) is 126 cm³/mol. The van der Waals surface area contributed by atoms with Crippen LogP contribution in [0.3, 0.4) is 0 Å². The Kier molecular flexibility index (Phi) is 7.90. The van der Waals surface area contributed by atoms with Gasteiger partial charge in [-0.3, -0.25) is 9.59 Å². The lowest BCUT2D eigenvalue weighted by Gasteiger charge is -2.11. The van der Waals surface area contributed by atoms with Gasteiger partial charge in [0.2, 0.25) is 0 Å². The van der Waals surface area contributed by atoms with Gasteiger partial charge in [0.05, 0.1) is 0 Å². The van der Waals surface area contributed by atoms with Crippen molar-refractivity contribution < 1.29 is 23.1 Å². The topological polar surface area (TPSA) is 67.4 Å². The van der Waals surface area contributed by atoms with E-state index >= 15 is 0 Å². The fourth-order valence-electron chi connectivity index (χ4n) is 2.36. The third kappa shape index (κ3) is 7.54. The third-order valence-electron chi connectivity index (χ3n) is 3.79. The molecule has 0 aliphatic rings. The van der Waals surface area contributed by atoms with Crippen LogP contribution < -0.4 is 15.4 Å². The molecule has 0 aliphatic heterocycles. The number of carbonyl (C=O) groups is 2. The molecule has 0 aromatic heterocycles. The first-order valence-corrected chi connectivity index (χ1v) is 11.6. The number of carbonyl (C=O) groups excluding carboxylic acids is 2. The summed E-state index contributed by atoms with van der Waals surface area (Å²) in [6, 6.07) is 21.3. The molecule has 0 heterocycles. The molecule has 3 rings (SSSR count). The van der Waals surface area contributed by atoms with Crippen LogP contribution in [0.25, 0.3) is 0 Å². The van der Waals surface area contributed by atoms with Crippen molar-refractivity contribution in [2.45, 2.75) is 5.66 Å². The standard InChI is InChI=1S/C21H17F2N2O3PS2/c22-21(23,29)14-6-8-15(9-7-14)24-19(26)30-31-20(27)25-16-10-12-18(13-11-16)28-17-4-2-1-3-5-17/h1-13H,29H2,(H,24,26)(H,25,27). The maximum Gasteiger partial charge on any atom is 0.294 e. The van der Waals surface area contributed by atoms with Crippen molar-refractivity contribution in [1.82, 2.24) is 0 Å². The van der Waals surface area contributed by atoms with E-state index in [9.17, 15) is 18.4 Å².